The smallest absolute Gasteiger partial charge is 0.255 e. The van der Waals surface area contributed by atoms with Crippen molar-refractivity contribution in [3.05, 3.63) is 89.4 Å². The summed E-state index contributed by atoms with van der Waals surface area (Å²) in [5, 5.41) is 13.9. The first-order valence-corrected chi connectivity index (χ1v) is 11.7. The minimum Gasteiger partial charge on any atom is -0.493 e. The molecular weight excluding hydrogens is 469 g/mol. The van der Waals surface area contributed by atoms with Crippen molar-refractivity contribution in [1.29, 1.82) is 0 Å². The third-order valence-electron chi connectivity index (χ3n) is 6.00. The average Bonchev–Trinajstić information content (AvgIpc) is 3.20. The first-order valence-electron chi connectivity index (χ1n) is 11.7. The van der Waals surface area contributed by atoms with Gasteiger partial charge in [-0.25, -0.2) is 13.2 Å². The number of ether oxygens (including phenoxy) is 1. The van der Waals surface area contributed by atoms with Gasteiger partial charge in [0.15, 0.2) is 17.5 Å². The number of aromatic nitrogens is 1. The van der Waals surface area contributed by atoms with Crippen LogP contribution in [0.25, 0.3) is 22.0 Å². The Morgan fingerprint density at radius 1 is 1.06 bits per heavy atom. The number of nitrogens with one attached hydrogen (secondary N) is 1. The lowest BCUT2D eigenvalue weighted by Crippen LogP contribution is -2.39. The van der Waals surface area contributed by atoms with Crippen LogP contribution in [0.3, 0.4) is 0 Å². The van der Waals surface area contributed by atoms with Gasteiger partial charge in [-0.2, -0.15) is 0 Å². The third-order valence-corrected chi connectivity index (χ3v) is 6.00. The number of halogens is 3. The Morgan fingerprint density at radius 2 is 1.78 bits per heavy atom. The van der Waals surface area contributed by atoms with Gasteiger partial charge in [-0.05, 0) is 59.9 Å². The van der Waals surface area contributed by atoms with E-state index in [0.717, 1.165) is 28.6 Å². The number of aliphatic hydroxyl groups excluding tert-OH is 1. The van der Waals surface area contributed by atoms with Gasteiger partial charge < -0.3 is 19.7 Å². The zero-order valence-corrected chi connectivity index (χ0v) is 20.0. The fourth-order valence-electron chi connectivity index (χ4n) is 4.23. The van der Waals surface area contributed by atoms with Crippen LogP contribution in [0.4, 0.5) is 13.2 Å². The zero-order valence-electron chi connectivity index (χ0n) is 20.0. The van der Waals surface area contributed by atoms with E-state index in [9.17, 15) is 23.1 Å². The molecule has 1 amide bonds. The number of carbonyl (C=O) groups excluding carboxylic acids is 1. The highest BCUT2D eigenvalue weighted by molar-refractivity contribution is 5.98. The second kappa shape index (κ2) is 10.9. The summed E-state index contributed by atoms with van der Waals surface area (Å²) >= 11 is 0. The minimum absolute atomic E-state index is 0.0805. The van der Waals surface area contributed by atoms with E-state index in [1.54, 1.807) is 6.07 Å². The Balaban J connectivity index is 1.63. The number of rotatable bonds is 9. The van der Waals surface area contributed by atoms with Crippen molar-refractivity contribution in [3.8, 4) is 16.9 Å². The van der Waals surface area contributed by atoms with Gasteiger partial charge in [0.05, 0.1) is 24.8 Å². The molecule has 0 aliphatic rings. The first-order chi connectivity index (χ1) is 17.3. The highest BCUT2D eigenvalue weighted by Crippen LogP contribution is 2.29. The number of benzene rings is 3. The van der Waals surface area contributed by atoms with Crippen LogP contribution >= 0.6 is 0 Å². The lowest BCUT2D eigenvalue weighted by molar-refractivity contribution is 0.0912. The SMILES string of the molecule is CCCOc1ccc(-c2cc(F)c(F)c(F)c2)cc1C(=O)N[C@@H](CO)Cc1cn(C)c2ccccc12. The highest BCUT2D eigenvalue weighted by Gasteiger charge is 2.21. The van der Waals surface area contributed by atoms with E-state index in [2.05, 4.69) is 5.32 Å². The molecule has 2 N–H and O–H groups in total. The molecule has 4 rings (SSSR count). The zero-order chi connectivity index (χ0) is 25.8. The van der Waals surface area contributed by atoms with Crippen molar-refractivity contribution in [1.82, 2.24) is 9.88 Å². The van der Waals surface area contributed by atoms with E-state index in [-0.39, 0.29) is 17.7 Å². The summed E-state index contributed by atoms with van der Waals surface area (Å²) < 4.78 is 48.8. The molecule has 0 spiro atoms. The number of fused-ring (bicyclic) bond motifs is 1. The third kappa shape index (κ3) is 5.23. The van der Waals surface area contributed by atoms with Gasteiger partial charge in [-0.15, -0.1) is 0 Å². The molecule has 1 aromatic heterocycles. The van der Waals surface area contributed by atoms with Crippen molar-refractivity contribution in [2.24, 2.45) is 7.05 Å². The maximum absolute atomic E-state index is 13.8. The topological polar surface area (TPSA) is 63.5 Å². The Hall–Kier alpha value is -3.78. The normalized spacial score (nSPS) is 12.1. The van der Waals surface area contributed by atoms with Gasteiger partial charge in [-0.3, -0.25) is 4.79 Å². The summed E-state index contributed by atoms with van der Waals surface area (Å²) in [5.74, 6) is -4.41. The molecule has 0 saturated carbocycles. The highest BCUT2D eigenvalue weighted by atomic mass is 19.2. The van der Waals surface area contributed by atoms with E-state index in [1.165, 1.54) is 12.1 Å². The maximum Gasteiger partial charge on any atom is 0.255 e. The molecule has 3 aromatic carbocycles. The van der Waals surface area contributed by atoms with Crippen molar-refractivity contribution in [3.63, 3.8) is 0 Å². The Bertz CT molecular complexity index is 1380. The minimum atomic E-state index is -1.56. The number of carbonyl (C=O) groups is 1. The van der Waals surface area contributed by atoms with E-state index in [0.29, 0.717) is 30.8 Å². The predicted octanol–water partition coefficient (Wildman–Crippen LogP) is 5.38. The van der Waals surface area contributed by atoms with Gasteiger partial charge in [0.25, 0.3) is 5.91 Å². The standard InChI is InChI=1S/C28H27F3N2O3/c1-3-10-36-26-9-8-17(18-13-23(29)27(31)24(30)14-18)12-22(26)28(35)32-20(16-34)11-19-15-33(2)25-7-5-4-6-21(19)25/h4-9,12-15,20,34H,3,10-11,16H2,1-2H3,(H,32,35)/t20-/m1/s1. The van der Waals surface area contributed by atoms with Crippen LogP contribution in [-0.4, -0.2) is 34.8 Å². The summed E-state index contributed by atoms with van der Waals surface area (Å²) in [4.78, 5) is 13.3. The summed E-state index contributed by atoms with van der Waals surface area (Å²) in [6, 6.07) is 13.6. The van der Waals surface area contributed by atoms with Gasteiger partial charge in [-0.1, -0.05) is 31.2 Å². The number of hydrogen-bond donors (Lipinski definition) is 2. The summed E-state index contributed by atoms with van der Waals surface area (Å²) in [6.45, 7) is 1.98. The van der Waals surface area contributed by atoms with Crippen LogP contribution in [-0.2, 0) is 13.5 Å². The fraction of sp³-hybridized carbons (Fsp3) is 0.250. The molecule has 4 aromatic rings. The molecule has 188 valence electrons. The second-order valence-electron chi connectivity index (χ2n) is 8.65. The van der Waals surface area contributed by atoms with Crippen molar-refractivity contribution >= 4 is 16.8 Å². The van der Waals surface area contributed by atoms with E-state index in [1.807, 2.05) is 49.0 Å². The molecule has 1 heterocycles. The Kier molecular flexibility index (Phi) is 7.64. The van der Waals surface area contributed by atoms with Gasteiger partial charge in [0, 0.05) is 24.1 Å². The molecular formula is C28H27F3N2O3. The molecule has 5 nitrogen and oxygen atoms in total. The number of aliphatic hydroxyl groups is 1. The van der Waals surface area contributed by atoms with Crippen LogP contribution in [0.2, 0.25) is 0 Å². The second-order valence-corrected chi connectivity index (χ2v) is 8.65. The monoisotopic (exact) mass is 496 g/mol. The van der Waals surface area contributed by atoms with Crippen molar-refractivity contribution in [2.75, 3.05) is 13.2 Å². The molecule has 0 radical (unpaired) electrons. The first kappa shape index (κ1) is 25.3. The number of amides is 1. The van der Waals surface area contributed by atoms with E-state index in [4.69, 9.17) is 4.74 Å². The maximum atomic E-state index is 13.8. The molecule has 36 heavy (non-hydrogen) atoms. The van der Waals surface area contributed by atoms with Crippen LogP contribution < -0.4 is 10.1 Å². The van der Waals surface area contributed by atoms with Crippen LogP contribution in [0.1, 0.15) is 29.3 Å². The largest absolute Gasteiger partial charge is 0.493 e. The summed E-state index contributed by atoms with van der Waals surface area (Å²) in [5.41, 5.74) is 2.55. The molecule has 8 heteroatoms. The number of para-hydroxylation sites is 1. The quantitative estimate of drug-likeness (QED) is 0.306. The lowest BCUT2D eigenvalue weighted by Gasteiger charge is -2.18. The van der Waals surface area contributed by atoms with Crippen molar-refractivity contribution < 1.29 is 27.8 Å². The Morgan fingerprint density at radius 3 is 2.47 bits per heavy atom. The summed E-state index contributed by atoms with van der Waals surface area (Å²) in [6.07, 6.45) is 3.06. The molecule has 0 aliphatic heterocycles. The number of nitrogens with zero attached hydrogens (tertiary/aromatic N) is 1. The molecule has 0 aliphatic carbocycles. The van der Waals surface area contributed by atoms with Crippen LogP contribution in [0.5, 0.6) is 5.75 Å². The fourth-order valence-corrected chi connectivity index (χ4v) is 4.23. The molecule has 0 saturated heterocycles. The van der Waals surface area contributed by atoms with E-state index >= 15 is 0 Å². The van der Waals surface area contributed by atoms with Gasteiger partial charge >= 0.3 is 0 Å². The van der Waals surface area contributed by atoms with Gasteiger partial charge in [0.1, 0.15) is 5.75 Å². The van der Waals surface area contributed by atoms with Crippen molar-refractivity contribution in [2.45, 2.75) is 25.8 Å². The molecule has 1 atom stereocenters. The molecule has 0 fully saturated rings. The average molecular weight is 497 g/mol. The predicted molar refractivity (Wildman–Crippen MR) is 133 cm³/mol. The van der Waals surface area contributed by atoms with Crippen LogP contribution in [0.15, 0.2) is 60.8 Å². The van der Waals surface area contributed by atoms with Crippen LogP contribution in [0, 0.1) is 17.5 Å². The molecule has 0 unspecified atom stereocenters. The Labute approximate surface area is 207 Å². The molecule has 0 bridgehead atoms. The number of aryl methyl sites for hydroxylation is 1. The van der Waals surface area contributed by atoms with E-state index < -0.39 is 29.4 Å². The summed E-state index contributed by atoms with van der Waals surface area (Å²) in [7, 11) is 1.93. The lowest BCUT2D eigenvalue weighted by atomic mass is 10.0. The van der Waals surface area contributed by atoms with Gasteiger partial charge in [0.2, 0.25) is 0 Å². The number of hydrogen-bond acceptors (Lipinski definition) is 3.